The first-order chi connectivity index (χ1) is 13.6. The SMILES string of the molecule is C/C(=N/NC(=O)COc1ccc(C(C)(C)C)cc1)c1cccc(OCC(=O)[O-])c1. The second-order valence-corrected chi connectivity index (χ2v) is 7.48. The van der Waals surface area contributed by atoms with Crippen LogP contribution in [0.15, 0.2) is 53.6 Å². The summed E-state index contributed by atoms with van der Waals surface area (Å²) < 4.78 is 10.6. The zero-order valence-electron chi connectivity index (χ0n) is 17.0. The van der Waals surface area contributed by atoms with Gasteiger partial charge in [0.25, 0.3) is 5.91 Å². The van der Waals surface area contributed by atoms with Crippen LogP contribution in [0, 0.1) is 0 Å². The maximum Gasteiger partial charge on any atom is 0.277 e. The minimum atomic E-state index is -1.30. The van der Waals surface area contributed by atoms with E-state index in [1.54, 1.807) is 31.2 Å². The Morgan fingerprint density at radius 3 is 2.28 bits per heavy atom. The van der Waals surface area contributed by atoms with Gasteiger partial charge in [0.15, 0.2) is 6.61 Å². The van der Waals surface area contributed by atoms with Gasteiger partial charge in [-0.25, -0.2) is 5.43 Å². The van der Waals surface area contributed by atoms with Crippen LogP contribution in [0.1, 0.15) is 38.8 Å². The molecule has 7 nitrogen and oxygen atoms in total. The number of ether oxygens (including phenoxy) is 2. The standard InChI is InChI=1S/C22H26N2O5/c1-15(16-6-5-7-19(12-16)29-14-21(26)27)23-24-20(25)13-28-18-10-8-17(9-11-18)22(2,3)4/h5-12H,13-14H2,1-4H3,(H,24,25)(H,26,27)/p-1/b23-15-. The van der Waals surface area contributed by atoms with Crippen molar-refractivity contribution in [1.29, 1.82) is 0 Å². The van der Waals surface area contributed by atoms with Crippen LogP contribution in [0.4, 0.5) is 0 Å². The molecule has 7 heteroatoms. The highest BCUT2D eigenvalue weighted by atomic mass is 16.5. The van der Waals surface area contributed by atoms with E-state index < -0.39 is 18.5 Å². The van der Waals surface area contributed by atoms with Crippen LogP contribution in [-0.2, 0) is 15.0 Å². The molecule has 1 amide bonds. The van der Waals surface area contributed by atoms with E-state index in [2.05, 4.69) is 31.3 Å². The summed E-state index contributed by atoms with van der Waals surface area (Å²) in [6.07, 6.45) is 0. The fourth-order valence-corrected chi connectivity index (χ4v) is 2.40. The first-order valence-electron chi connectivity index (χ1n) is 9.15. The smallest absolute Gasteiger partial charge is 0.277 e. The van der Waals surface area contributed by atoms with Crippen molar-refractivity contribution in [2.75, 3.05) is 13.2 Å². The summed E-state index contributed by atoms with van der Waals surface area (Å²) in [5.74, 6) is -0.726. The van der Waals surface area contributed by atoms with Gasteiger partial charge in [0.1, 0.15) is 18.1 Å². The molecular weight excluding hydrogens is 372 g/mol. The molecule has 0 aliphatic carbocycles. The van der Waals surface area contributed by atoms with Crippen molar-refractivity contribution < 1.29 is 24.2 Å². The van der Waals surface area contributed by atoms with Gasteiger partial charge in [0.2, 0.25) is 0 Å². The van der Waals surface area contributed by atoms with Gasteiger partial charge in [-0.05, 0) is 42.2 Å². The Balaban J connectivity index is 1.88. The summed E-state index contributed by atoms with van der Waals surface area (Å²) in [5, 5.41) is 14.5. The predicted molar refractivity (Wildman–Crippen MR) is 108 cm³/mol. The van der Waals surface area contributed by atoms with Gasteiger partial charge in [-0.1, -0.05) is 45.0 Å². The summed E-state index contributed by atoms with van der Waals surface area (Å²) >= 11 is 0. The van der Waals surface area contributed by atoms with Crippen LogP contribution in [0.5, 0.6) is 11.5 Å². The molecule has 0 atom stereocenters. The molecule has 0 spiro atoms. The second-order valence-electron chi connectivity index (χ2n) is 7.48. The third-order valence-electron chi connectivity index (χ3n) is 4.05. The van der Waals surface area contributed by atoms with Crippen LogP contribution in [-0.4, -0.2) is 30.8 Å². The number of aliphatic carboxylic acids is 1. The number of rotatable bonds is 8. The van der Waals surface area contributed by atoms with Crippen molar-refractivity contribution in [3.05, 3.63) is 59.7 Å². The minimum absolute atomic E-state index is 0.0506. The molecule has 0 unspecified atom stereocenters. The highest BCUT2D eigenvalue weighted by Crippen LogP contribution is 2.24. The molecular formula is C22H25N2O5-. The van der Waals surface area contributed by atoms with Crippen molar-refractivity contribution in [3.63, 3.8) is 0 Å². The third-order valence-corrected chi connectivity index (χ3v) is 4.05. The fraction of sp³-hybridized carbons (Fsp3) is 0.318. The highest BCUT2D eigenvalue weighted by molar-refractivity contribution is 5.99. The van der Waals surface area contributed by atoms with Crippen LogP contribution in [0.25, 0.3) is 0 Å². The van der Waals surface area contributed by atoms with Gasteiger partial charge in [0.05, 0.1) is 11.7 Å². The number of carbonyl (C=O) groups excluding carboxylic acids is 2. The van der Waals surface area contributed by atoms with Gasteiger partial charge in [-0.2, -0.15) is 5.10 Å². The topological polar surface area (TPSA) is 100 Å². The molecule has 0 aliphatic rings. The fourth-order valence-electron chi connectivity index (χ4n) is 2.40. The van der Waals surface area contributed by atoms with Crippen LogP contribution in [0.2, 0.25) is 0 Å². The zero-order valence-corrected chi connectivity index (χ0v) is 17.0. The van der Waals surface area contributed by atoms with Gasteiger partial charge < -0.3 is 19.4 Å². The number of nitrogens with one attached hydrogen (secondary N) is 1. The number of hydrogen-bond acceptors (Lipinski definition) is 6. The Morgan fingerprint density at radius 1 is 1.00 bits per heavy atom. The van der Waals surface area contributed by atoms with Gasteiger partial charge >= 0.3 is 0 Å². The van der Waals surface area contributed by atoms with Crippen LogP contribution >= 0.6 is 0 Å². The molecule has 154 valence electrons. The Labute approximate surface area is 170 Å². The minimum Gasteiger partial charge on any atom is -0.546 e. The van der Waals surface area contributed by atoms with Gasteiger partial charge in [-0.3, -0.25) is 4.79 Å². The van der Waals surface area contributed by atoms with Crippen LogP contribution < -0.4 is 20.0 Å². The maximum absolute atomic E-state index is 12.0. The number of hydrogen-bond donors (Lipinski definition) is 1. The van der Waals surface area contributed by atoms with Gasteiger partial charge in [-0.15, -0.1) is 0 Å². The summed E-state index contributed by atoms with van der Waals surface area (Å²) in [6, 6.07) is 14.3. The monoisotopic (exact) mass is 397 g/mol. The van der Waals surface area contributed by atoms with E-state index in [0.29, 0.717) is 22.8 Å². The Kier molecular flexibility index (Phi) is 7.36. The Morgan fingerprint density at radius 2 is 1.66 bits per heavy atom. The molecule has 0 fully saturated rings. The summed E-state index contributed by atoms with van der Waals surface area (Å²) in [7, 11) is 0. The lowest BCUT2D eigenvalue weighted by atomic mass is 9.87. The Hall–Kier alpha value is -3.35. The lowest BCUT2D eigenvalue weighted by molar-refractivity contribution is -0.307. The average molecular weight is 397 g/mol. The summed E-state index contributed by atoms with van der Waals surface area (Å²) in [4.78, 5) is 22.5. The van der Waals surface area contributed by atoms with E-state index in [4.69, 9.17) is 9.47 Å². The number of carbonyl (C=O) groups is 2. The van der Waals surface area contributed by atoms with E-state index in [9.17, 15) is 14.7 Å². The molecule has 29 heavy (non-hydrogen) atoms. The molecule has 0 radical (unpaired) electrons. The van der Waals surface area contributed by atoms with Crippen molar-refractivity contribution in [2.45, 2.75) is 33.1 Å². The van der Waals surface area contributed by atoms with Crippen molar-refractivity contribution in [2.24, 2.45) is 5.10 Å². The second kappa shape index (κ2) is 9.73. The van der Waals surface area contributed by atoms with E-state index in [0.717, 1.165) is 0 Å². The third kappa shape index (κ3) is 7.29. The zero-order chi connectivity index (χ0) is 21.4. The lowest BCUT2D eigenvalue weighted by Crippen LogP contribution is -2.29. The molecule has 1 N–H and O–H groups in total. The number of nitrogens with zero attached hydrogens (tertiary/aromatic N) is 1. The number of carboxylic acids is 1. The molecule has 2 rings (SSSR count). The largest absolute Gasteiger partial charge is 0.546 e. The van der Waals surface area contributed by atoms with Crippen molar-refractivity contribution in [3.8, 4) is 11.5 Å². The molecule has 0 saturated carbocycles. The lowest BCUT2D eigenvalue weighted by Gasteiger charge is -2.19. The predicted octanol–water partition coefficient (Wildman–Crippen LogP) is 2.03. The van der Waals surface area contributed by atoms with E-state index in [1.807, 2.05) is 24.3 Å². The van der Waals surface area contributed by atoms with E-state index >= 15 is 0 Å². The molecule has 0 saturated heterocycles. The first-order valence-corrected chi connectivity index (χ1v) is 9.15. The molecule has 0 bridgehead atoms. The molecule has 2 aromatic rings. The number of carboxylic acid groups (broad SMARTS) is 1. The van der Waals surface area contributed by atoms with Gasteiger partial charge in [0, 0.05) is 5.56 Å². The quantitative estimate of drug-likeness (QED) is 0.543. The average Bonchev–Trinajstić information content (AvgIpc) is 2.68. The van der Waals surface area contributed by atoms with Crippen LogP contribution in [0.3, 0.4) is 0 Å². The Bertz CT molecular complexity index is 883. The molecule has 0 aromatic heterocycles. The molecule has 2 aromatic carbocycles. The van der Waals surface area contributed by atoms with Crippen molar-refractivity contribution in [1.82, 2.24) is 5.43 Å². The molecule has 0 heterocycles. The molecule has 0 aliphatic heterocycles. The maximum atomic E-state index is 12.0. The number of hydrazone groups is 1. The normalized spacial score (nSPS) is 11.7. The van der Waals surface area contributed by atoms with E-state index in [-0.39, 0.29) is 12.0 Å². The van der Waals surface area contributed by atoms with Crippen molar-refractivity contribution >= 4 is 17.6 Å². The number of benzene rings is 2. The summed E-state index contributed by atoms with van der Waals surface area (Å²) in [5.41, 5.74) is 4.88. The highest BCUT2D eigenvalue weighted by Gasteiger charge is 2.13. The number of amides is 1. The summed E-state index contributed by atoms with van der Waals surface area (Å²) in [6.45, 7) is 7.39. The van der Waals surface area contributed by atoms with E-state index in [1.165, 1.54) is 5.56 Å². The first kappa shape index (κ1) is 21.9.